The molecule has 0 radical (unpaired) electrons. The summed E-state index contributed by atoms with van der Waals surface area (Å²) in [6, 6.07) is 5.49. The van der Waals surface area contributed by atoms with Gasteiger partial charge >= 0.3 is 0 Å². The van der Waals surface area contributed by atoms with E-state index in [0.717, 1.165) is 0 Å². The Labute approximate surface area is 142 Å². The van der Waals surface area contributed by atoms with Gasteiger partial charge in [0, 0.05) is 18.0 Å². The molecule has 3 heterocycles. The molecule has 1 fully saturated rings. The van der Waals surface area contributed by atoms with Crippen LogP contribution in [0.3, 0.4) is 0 Å². The van der Waals surface area contributed by atoms with Gasteiger partial charge in [-0.2, -0.15) is 0 Å². The summed E-state index contributed by atoms with van der Waals surface area (Å²) in [7, 11) is 0. The van der Waals surface area contributed by atoms with Crippen LogP contribution in [0, 0.1) is 5.92 Å². The summed E-state index contributed by atoms with van der Waals surface area (Å²) >= 11 is 1.26. The zero-order valence-electron chi connectivity index (χ0n) is 13.2. The molecule has 124 valence electrons. The molecule has 7 nitrogen and oxygen atoms in total. The highest BCUT2D eigenvalue weighted by molar-refractivity contribution is 7.14. The van der Waals surface area contributed by atoms with E-state index >= 15 is 0 Å². The van der Waals surface area contributed by atoms with Crippen LogP contribution in [0.4, 0.5) is 5.13 Å². The lowest BCUT2D eigenvalue weighted by Gasteiger charge is -2.14. The molecule has 3 rings (SSSR count). The minimum Gasteiger partial charge on any atom is -0.343 e. The third-order valence-electron chi connectivity index (χ3n) is 3.75. The number of hydrogen-bond donors (Lipinski definition) is 2. The van der Waals surface area contributed by atoms with Crippen LogP contribution in [0.2, 0.25) is 0 Å². The number of aromatic nitrogens is 2. The maximum atomic E-state index is 12.1. The van der Waals surface area contributed by atoms with Crippen molar-refractivity contribution in [3.63, 3.8) is 0 Å². The van der Waals surface area contributed by atoms with E-state index in [4.69, 9.17) is 0 Å². The van der Waals surface area contributed by atoms with Gasteiger partial charge in [-0.3, -0.25) is 19.4 Å². The Morgan fingerprint density at radius 1 is 1.33 bits per heavy atom. The van der Waals surface area contributed by atoms with Gasteiger partial charge < -0.3 is 10.6 Å². The highest BCUT2D eigenvalue weighted by atomic mass is 32.1. The van der Waals surface area contributed by atoms with E-state index in [-0.39, 0.29) is 12.2 Å². The average Bonchev–Trinajstić information content (AvgIpc) is 3.07. The van der Waals surface area contributed by atoms with Gasteiger partial charge in [-0.25, -0.2) is 4.98 Å². The van der Waals surface area contributed by atoms with Crippen molar-refractivity contribution in [1.82, 2.24) is 15.3 Å². The van der Waals surface area contributed by atoms with Crippen molar-refractivity contribution < 1.29 is 14.4 Å². The van der Waals surface area contributed by atoms with Gasteiger partial charge in [0.25, 0.3) is 0 Å². The molecule has 1 saturated heterocycles. The molecule has 2 aromatic heterocycles. The molecule has 2 aromatic rings. The lowest BCUT2D eigenvalue weighted by Crippen LogP contribution is -2.39. The number of rotatable bonds is 4. The first-order valence-corrected chi connectivity index (χ1v) is 8.28. The quantitative estimate of drug-likeness (QED) is 0.821. The number of anilines is 1. The third kappa shape index (κ3) is 3.18. The zero-order valence-corrected chi connectivity index (χ0v) is 14.0. The molecule has 0 aliphatic carbocycles. The maximum Gasteiger partial charge on any atom is 0.231 e. The smallest absolute Gasteiger partial charge is 0.231 e. The van der Waals surface area contributed by atoms with Crippen molar-refractivity contribution in [2.24, 2.45) is 5.92 Å². The van der Waals surface area contributed by atoms with E-state index in [2.05, 4.69) is 20.6 Å². The zero-order chi connectivity index (χ0) is 17.3. The summed E-state index contributed by atoms with van der Waals surface area (Å²) in [6.45, 7) is 3.26. The van der Waals surface area contributed by atoms with Crippen LogP contribution in [0.5, 0.6) is 0 Å². The first kappa shape index (κ1) is 16.3. The van der Waals surface area contributed by atoms with Crippen molar-refractivity contribution >= 4 is 34.1 Å². The van der Waals surface area contributed by atoms with Gasteiger partial charge in [0.2, 0.25) is 11.8 Å². The molecule has 8 heteroatoms. The van der Waals surface area contributed by atoms with Crippen LogP contribution >= 0.6 is 11.3 Å². The molecule has 1 aliphatic rings. The second-order valence-corrected chi connectivity index (χ2v) is 6.89. The van der Waals surface area contributed by atoms with Gasteiger partial charge in [0.1, 0.15) is 11.6 Å². The SMILES string of the molecule is CC1(C)NC(=O)C(CC(=O)Nc2nc(-c3ccccn3)cs2)C1=O. The van der Waals surface area contributed by atoms with Crippen molar-refractivity contribution in [3.05, 3.63) is 29.8 Å². The molecule has 2 amide bonds. The first-order chi connectivity index (χ1) is 11.4. The first-order valence-electron chi connectivity index (χ1n) is 7.40. The molecular weight excluding hydrogens is 328 g/mol. The summed E-state index contributed by atoms with van der Waals surface area (Å²) in [5.41, 5.74) is 0.447. The Morgan fingerprint density at radius 2 is 2.12 bits per heavy atom. The number of amides is 2. The van der Waals surface area contributed by atoms with E-state index in [0.29, 0.717) is 16.5 Å². The summed E-state index contributed by atoms with van der Waals surface area (Å²) in [6.07, 6.45) is 1.48. The number of thiazole rings is 1. The number of hydrogen-bond acceptors (Lipinski definition) is 6. The topological polar surface area (TPSA) is 101 Å². The fourth-order valence-corrected chi connectivity index (χ4v) is 3.24. The predicted molar refractivity (Wildman–Crippen MR) is 89.3 cm³/mol. The molecule has 0 saturated carbocycles. The summed E-state index contributed by atoms with van der Waals surface area (Å²) in [5.74, 6) is -2.04. The summed E-state index contributed by atoms with van der Waals surface area (Å²) in [5, 5.41) is 7.43. The van der Waals surface area contributed by atoms with Crippen molar-refractivity contribution in [3.8, 4) is 11.4 Å². The predicted octanol–water partition coefficient (Wildman–Crippen LogP) is 1.63. The van der Waals surface area contributed by atoms with Gasteiger partial charge in [-0.15, -0.1) is 11.3 Å². The fraction of sp³-hybridized carbons (Fsp3) is 0.312. The normalized spacial score (nSPS) is 19.2. The molecule has 0 aromatic carbocycles. The van der Waals surface area contributed by atoms with Gasteiger partial charge in [-0.1, -0.05) is 6.07 Å². The van der Waals surface area contributed by atoms with Crippen LogP contribution in [-0.4, -0.2) is 33.1 Å². The Bertz CT molecular complexity index is 801. The van der Waals surface area contributed by atoms with E-state index in [1.54, 1.807) is 25.4 Å². The third-order valence-corrected chi connectivity index (χ3v) is 4.51. The molecular formula is C16H16N4O3S. The minimum atomic E-state index is -0.949. The van der Waals surface area contributed by atoms with E-state index in [1.165, 1.54) is 11.3 Å². The number of carbonyl (C=O) groups excluding carboxylic acids is 3. The molecule has 0 bridgehead atoms. The molecule has 1 unspecified atom stereocenters. The second-order valence-electron chi connectivity index (χ2n) is 6.04. The number of nitrogens with one attached hydrogen (secondary N) is 2. The molecule has 24 heavy (non-hydrogen) atoms. The largest absolute Gasteiger partial charge is 0.343 e. The van der Waals surface area contributed by atoms with Crippen molar-refractivity contribution in [2.75, 3.05) is 5.32 Å². The lowest BCUT2D eigenvalue weighted by atomic mass is 9.92. The summed E-state index contributed by atoms with van der Waals surface area (Å²) < 4.78 is 0. The van der Waals surface area contributed by atoms with Crippen LogP contribution < -0.4 is 10.6 Å². The standard InChI is InChI=1S/C16H16N4O3S/c1-16(2)13(22)9(14(23)20-16)7-12(21)19-15-18-11(8-24-15)10-5-3-4-6-17-10/h3-6,8-9H,7H2,1-2H3,(H,20,23)(H,18,19,21). The van der Waals surface area contributed by atoms with Gasteiger partial charge in [0.05, 0.1) is 11.2 Å². The Morgan fingerprint density at radius 3 is 2.75 bits per heavy atom. The van der Waals surface area contributed by atoms with Crippen molar-refractivity contribution in [2.45, 2.75) is 25.8 Å². The van der Waals surface area contributed by atoms with Crippen LogP contribution in [-0.2, 0) is 14.4 Å². The molecule has 2 N–H and O–H groups in total. The number of nitrogens with zero attached hydrogens (tertiary/aromatic N) is 2. The average molecular weight is 344 g/mol. The Hall–Kier alpha value is -2.61. The summed E-state index contributed by atoms with van der Waals surface area (Å²) in [4.78, 5) is 44.6. The number of Topliss-reactive ketones (excluding diaryl/α,β-unsaturated/α-hetero) is 1. The number of carbonyl (C=O) groups is 3. The van der Waals surface area contributed by atoms with E-state index in [1.807, 2.05) is 18.2 Å². The highest BCUT2D eigenvalue weighted by Crippen LogP contribution is 2.26. The van der Waals surface area contributed by atoms with Crippen LogP contribution in [0.1, 0.15) is 20.3 Å². The Kier molecular flexibility index (Phi) is 4.15. The maximum absolute atomic E-state index is 12.1. The lowest BCUT2D eigenvalue weighted by molar-refractivity contribution is -0.132. The van der Waals surface area contributed by atoms with Crippen LogP contribution in [0.15, 0.2) is 29.8 Å². The van der Waals surface area contributed by atoms with Gasteiger partial charge in [0.15, 0.2) is 10.9 Å². The fourth-order valence-electron chi connectivity index (χ4n) is 2.52. The molecule has 1 aliphatic heterocycles. The van der Waals surface area contributed by atoms with E-state index < -0.39 is 23.3 Å². The van der Waals surface area contributed by atoms with E-state index in [9.17, 15) is 14.4 Å². The second kappa shape index (κ2) is 6.12. The van der Waals surface area contributed by atoms with Crippen molar-refractivity contribution in [1.29, 1.82) is 0 Å². The van der Waals surface area contributed by atoms with Gasteiger partial charge in [-0.05, 0) is 26.0 Å². The number of ketones is 1. The minimum absolute atomic E-state index is 0.188. The number of pyridine rings is 1. The van der Waals surface area contributed by atoms with Crippen LogP contribution in [0.25, 0.3) is 11.4 Å². The monoisotopic (exact) mass is 344 g/mol. The Balaban J connectivity index is 1.65. The highest BCUT2D eigenvalue weighted by Gasteiger charge is 2.46. The molecule has 0 spiro atoms. The molecule has 1 atom stereocenters.